The summed E-state index contributed by atoms with van der Waals surface area (Å²) in [5.41, 5.74) is 0. The Morgan fingerprint density at radius 1 is 1.00 bits per heavy atom. The van der Waals surface area contributed by atoms with Crippen LogP contribution in [0.2, 0.25) is 19.1 Å². The van der Waals surface area contributed by atoms with Crippen molar-refractivity contribution in [3.63, 3.8) is 0 Å². The van der Waals surface area contributed by atoms with Gasteiger partial charge in [0.05, 0.1) is 0 Å². The van der Waals surface area contributed by atoms with Gasteiger partial charge in [0.1, 0.15) is 0 Å². The molecule has 0 heterocycles. The standard InChI is InChI=1S/C8H23NO3Si2/c1-7-8-14(11-3,12-4)9-13(5,6)10-2/h9H,7-8H2,1-6H3. The Morgan fingerprint density at radius 2 is 1.50 bits per heavy atom. The highest BCUT2D eigenvalue weighted by molar-refractivity contribution is 6.83. The van der Waals surface area contributed by atoms with Crippen LogP contribution in [0.5, 0.6) is 0 Å². The van der Waals surface area contributed by atoms with E-state index in [-0.39, 0.29) is 0 Å². The molecular formula is C8H23NO3Si2. The molecule has 4 nitrogen and oxygen atoms in total. The van der Waals surface area contributed by atoms with E-state index in [0.29, 0.717) is 0 Å². The van der Waals surface area contributed by atoms with Gasteiger partial charge in [-0.15, -0.1) is 0 Å². The molecule has 0 saturated heterocycles. The maximum absolute atomic E-state index is 5.53. The zero-order valence-corrected chi connectivity index (χ0v) is 12.1. The third-order valence-corrected chi connectivity index (χ3v) is 9.67. The van der Waals surface area contributed by atoms with Crippen LogP contribution in [0, 0.1) is 0 Å². The van der Waals surface area contributed by atoms with Crippen LogP contribution >= 0.6 is 0 Å². The van der Waals surface area contributed by atoms with E-state index < -0.39 is 17.2 Å². The Labute approximate surface area is 89.5 Å². The summed E-state index contributed by atoms with van der Waals surface area (Å²) in [6.07, 6.45) is 1.05. The lowest BCUT2D eigenvalue weighted by molar-refractivity contribution is 0.231. The Hall–Kier alpha value is 0.274. The second kappa shape index (κ2) is 5.99. The summed E-state index contributed by atoms with van der Waals surface area (Å²) in [5.74, 6) is 0. The summed E-state index contributed by atoms with van der Waals surface area (Å²) in [7, 11) is 1.10. The third kappa shape index (κ3) is 4.20. The molecule has 0 bridgehead atoms. The summed E-state index contributed by atoms with van der Waals surface area (Å²) in [4.78, 5) is 0. The molecule has 0 rings (SSSR count). The zero-order valence-electron chi connectivity index (χ0n) is 10.1. The van der Waals surface area contributed by atoms with E-state index in [2.05, 4.69) is 24.7 Å². The molecule has 0 aromatic heterocycles. The van der Waals surface area contributed by atoms with Crippen LogP contribution in [0.25, 0.3) is 0 Å². The Bertz CT molecular complexity index is 163. The number of nitrogens with one attached hydrogen (secondary N) is 1. The molecule has 0 unspecified atom stereocenters. The average molecular weight is 237 g/mol. The molecular weight excluding hydrogens is 214 g/mol. The molecule has 0 radical (unpaired) electrons. The largest absolute Gasteiger partial charge is 0.419 e. The van der Waals surface area contributed by atoms with Gasteiger partial charge in [0, 0.05) is 27.4 Å². The third-order valence-electron chi connectivity index (χ3n) is 2.24. The van der Waals surface area contributed by atoms with Crippen LogP contribution in [0.15, 0.2) is 0 Å². The minimum absolute atomic E-state index is 0.944. The monoisotopic (exact) mass is 237 g/mol. The molecule has 0 atom stereocenters. The van der Waals surface area contributed by atoms with E-state index in [1.165, 1.54) is 0 Å². The first-order valence-electron chi connectivity index (χ1n) is 4.90. The highest BCUT2D eigenvalue weighted by Gasteiger charge is 2.41. The van der Waals surface area contributed by atoms with Crippen molar-refractivity contribution in [3.8, 4) is 0 Å². The molecule has 0 aliphatic rings. The molecule has 0 aromatic carbocycles. The maximum atomic E-state index is 5.53. The second-order valence-corrected chi connectivity index (χ2v) is 11.0. The first-order valence-corrected chi connectivity index (χ1v) is 9.83. The van der Waals surface area contributed by atoms with Crippen molar-refractivity contribution in [1.82, 2.24) is 4.65 Å². The van der Waals surface area contributed by atoms with Crippen molar-refractivity contribution < 1.29 is 13.3 Å². The Balaban J connectivity index is 4.49. The van der Waals surface area contributed by atoms with Crippen molar-refractivity contribution in [2.45, 2.75) is 32.5 Å². The molecule has 0 fully saturated rings. The molecule has 0 aliphatic carbocycles. The van der Waals surface area contributed by atoms with Gasteiger partial charge in [-0.25, -0.2) is 0 Å². The minimum Gasteiger partial charge on any atom is -0.407 e. The summed E-state index contributed by atoms with van der Waals surface area (Å²) in [6, 6.07) is 0.944. The average Bonchev–Trinajstić information content (AvgIpc) is 2.17. The highest BCUT2D eigenvalue weighted by atomic mass is 28.4. The highest BCUT2D eigenvalue weighted by Crippen LogP contribution is 2.14. The van der Waals surface area contributed by atoms with Gasteiger partial charge >= 0.3 is 8.72 Å². The van der Waals surface area contributed by atoms with E-state index in [1.54, 1.807) is 21.3 Å². The summed E-state index contributed by atoms with van der Waals surface area (Å²) >= 11 is 0. The van der Waals surface area contributed by atoms with Gasteiger partial charge in [0.2, 0.25) is 0 Å². The molecule has 86 valence electrons. The first kappa shape index (κ1) is 14.3. The summed E-state index contributed by atoms with van der Waals surface area (Å²) < 4.78 is 20.0. The van der Waals surface area contributed by atoms with E-state index in [1.807, 2.05) is 0 Å². The van der Waals surface area contributed by atoms with Gasteiger partial charge in [0.25, 0.3) is 8.48 Å². The fourth-order valence-electron chi connectivity index (χ4n) is 1.29. The first-order chi connectivity index (χ1) is 6.45. The van der Waals surface area contributed by atoms with Crippen LogP contribution in [0.1, 0.15) is 13.3 Å². The molecule has 1 N–H and O–H groups in total. The summed E-state index contributed by atoms with van der Waals surface area (Å²) in [6.45, 7) is 6.33. The van der Waals surface area contributed by atoms with E-state index in [0.717, 1.165) is 12.5 Å². The van der Waals surface area contributed by atoms with Gasteiger partial charge in [-0.05, 0) is 13.1 Å². The molecule has 14 heavy (non-hydrogen) atoms. The topological polar surface area (TPSA) is 39.7 Å². The smallest absolute Gasteiger partial charge is 0.407 e. The Kier molecular flexibility index (Phi) is 6.11. The normalized spacial score (nSPS) is 13.3. The lowest BCUT2D eigenvalue weighted by Crippen LogP contribution is -2.65. The van der Waals surface area contributed by atoms with Crippen LogP contribution in [0.3, 0.4) is 0 Å². The van der Waals surface area contributed by atoms with Crippen molar-refractivity contribution in [2.24, 2.45) is 0 Å². The second-order valence-electron chi connectivity index (χ2n) is 3.75. The van der Waals surface area contributed by atoms with Gasteiger partial charge in [-0.3, -0.25) is 4.65 Å². The molecule has 0 aliphatic heterocycles. The van der Waals surface area contributed by atoms with Crippen molar-refractivity contribution in [3.05, 3.63) is 0 Å². The van der Waals surface area contributed by atoms with Crippen molar-refractivity contribution in [2.75, 3.05) is 21.3 Å². The van der Waals surface area contributed by atoms with Gasteiger partial charge in [-0.1, -0.05) is 13.3 Å². The van der Waals surface area contributed by atoms with E-state index in [9.17, 15) is 0 Å². The number of hydrogen-bond donors (Lipinski definition) is 1. The van der Waals surface area contributed by atoms with E-state index >= 15 is 0 Å². The van der Waals surface area contributed by atoms with Crippen molar-refractivity contribution in [1.29, 1.82) is 0 Å². The predicted octanol–water partition coefficient (Wildman–Crippen LogP) is 1.57. The fraction of sp³-hybridized carbons (Fsp3) is 1.00. The predicted molar refractivity (Wildman–Crippen MR) is 62.5 cm³/mol. The molecule has 0 amide bonds. The minimum atomic E-state index is -2.21. The fourth-order valence-corrected chi connectivity index (χ4v) is 7.92. The molecule has 0 saturated carbocycles. The van der Waals surface area contributed by atoms with Gasteiger partial charge in [0.15, 0.2) is 0 Å². The number of rotatable bonds is 7. The zero-order chi connectivity index (χ0) is 11.2. The van der Waals surface area contributed by atoms with Crippen LogP contribution in [-0.2, 0) is 13.3 Å². The van der Waals surface area contributed by atoms with Gasteiger partial charge in [-0.2, -0.15) is 0 Å². The van der Waals surface area contributed by atoms with Crippen LogP contribution in [-0.4, -0.2) is 38.5 Å². The van der Waals surface area contributed by atoms with Gasteiger partial charge < -0.3 is 13.3 Å². The van der Waals surface area contributed by atoms with E-state index in [4.69, 9.17) is 13.3 Å². The molecule has 6 heteroatoms. The quantitative estimate of drug-likeness (QED) is 0.682. The maximum Gasteiger partial charge on any atom is 0.419 e. The lowest BCUT2D eigenvalue weighted by atomic mass is 10.6. The lowest BCUT2D eigenvalue weighted by Gasteiger charge is -2.34. The van der Waals surface area contributed by atoms with Crippen molar-refractivity contribution >= 4 is 17.2 Å². The number of hydrogen-bond acceptors (Lipinski definition) is 4. The molecule has 0 aromatic rings. The summed E-state index contributed by atoms with van der Waals surface area (Å²) in [5, 5.41) is 0. The molecule has 0 spiro atoms. The Morgan fingerprint density at radius 3 is 1.79 bits per heavy atom. The van der Waals surface area contributed by atoms with Crippen LogP contribution in [0.4, 0.5) is 0 Å². The SMILES string of the molecule is CCC[Si](N[Si](C)(C)OC)(OC)OC. The van der Waals surface area contributed by atoms with Crippen LogP contribution < -0.4 is 4.65 Å².